The van der Waals surface area contributed by atoms with Gasteiger partial charge in [0.1, 0.15) is 17.3 Å². The van der Waals surface area contributed by atoms with E-state index in [1.807, 2.05) is 33.8 Å². The van der Waals surface area contributed by atoms with E-state index in [-0.39, 0.29) is 29.0 Å². The topological polar surface area (TPSA) is 100.0 Å². The van der Waals surface area contributed by atoms with Gasteiger partial charge in [0, 0.05) is 30.1 Å². The summed E-state index contributed by atoms with van der Waals surface area (Å²) in [4.78, 5) is 32.0. The highest BCUT2D eigenvalue weighted by Gasteiger charge is 2.46. The summed E-state index contributed by atoms with van der Waals surface area (Å²) in [5, 5.41) is 21.3. The number of benzene rings is 2. The summed E-state index contributed by atoms with van der Waals surface area (Å²) in [6.45, 7) is 8.68. The largest absolute Gasteiger partial charge is 0.508 e. The average molecular weight is 487 g/mol. The smallest absolute Gasteiger partial charge is 0.295 e. The maximum absolute atomic E-state index is 13.3. The minimum Gasteiger partial charge on any atom is -0.508 e. The van der Waals surface area contributed by atoms with Gasteiger partial charge in [-0.2, -0.15) is 0 Å². The number of nitrogens with zero attached hydrogens (tertiary/aromatic N) is 2. The number of carbonyl (C=O) groups is 2. The van der Waals surface area contributed by atoms with Crippen molar-refractivity contribution >= 4 is 17.4 Å². The molecule has 0 bridgehead atoms. The highest BCUT2D eigenvalue weighted by atomic mass is 16.5. The number of Topliss-reactive ketones (excluding diaryl/α,β-unsaturated/α-hetero) is 1. The Hall–Kier alpha value is -4.13. The number of ether oxygens (including phenoxy) is 1. The van der Waals surface area contributed by atoms with Crippen LogP contribution >= 0.6 is 0 Å². The van der Waals surface area contributed by atoms with E-state index in [0.717, 1.165) is 11.1 Å². The minimum atomic E-state index is -0.830. The van der Waals surface area contributed by atoms with Crippen LogP contribution in [0.5, 0.6) is 11.5 Å². The Morgan fingerprint density at radius 3 is 2.31 bits per heavy atom. The molecule has 1 aliphatic heterocycles. The van der Waals surface area contributed by atoms with E-state index in [1.54, 1.807) is 48.8 Å². The molecule has 1 atom stereocenters. The van der Waals surface area contributed by atoms with Gasteiger partial charge in [0.25, 0.3) is 11.7 Å². The zero-order valence-electron chi connectivity index (χ0n) is 20.9. The Balaban J connectivity index is 1.88. The van der Waals surface area contributed by atoms with Crippen LogP contribution in [0.4, 0.5) is 0 Å². The molecule has 0 aliphatic carbocycles. The van der Waals surface area contributed by atoms with Crippen LogP contribution in [0.15, 0.2) is 72.6 Å². The molecule has 2 heterocycles. The molecule has 186 valence electrons. The lowest BCUT2D eigenvalue weighted by Crippen LogP contribution is -2.29. The zero-order chi connectivity index (χ0) is 26.0. The number of aliphatic hydroxyl groups is 1. The number of aromatic hydroxyl groups is 1. The van der Waals surface area contributed by atoms with Gasteiger partial charge in [0.15, 0.2) is 0 Å². The van der Waals surface area contributed by atoms with Gasteiger partial charge in [-0.05, 0) is 65.9 Å². The molecule has 3 aromatic rings. The van der Waals surface area contributed by atoms with Gasteiger partial charge < -0.3 is 19.8 Å². The van der Waals surface area contributed by atoms with Crippen molar-refractivity contribution in [2.45, 2.75) is 45.7 Å². The number of likely N-dealkylation sites (tertiary alicyclic amines) is 1. The number of aromatic nitrogens is 1. The summed E-state index contributed by atoms with van der Waals surface area (Å²) in [5.74, 6) is -0.947. The van der Waals surface area contributed by atoms with Crippen LogP contribution in [0.2, 0.25) is 0 Å². The van der Waals surface area contributed by atoms with E-state index >= 15 is 0 Å². The third-order valence-electron chi connectivity index (χ3n) is 6.21. The van der Waals surface area contributed by atoms with Gasteiger partial charge in [0.05, 0.1) is 18.2 Å². The molecule has 1 amide bonds. The van der Waals surface area contributed by atoms with Crippen LogP contribution in [0.25, 0.3) is 5.76 Å². The molecule has 7 nitrogen and oxygen atoms in total. The second-order valence-electron chi connectivity index (χ2n) is 9.77. The standard InChI is InChI=1S/C29H30N2O5/c1-5-36-23-11-8-20(16-22(23)29(2,3)4)26(33)24-25(19-6-9-21(32)10-7-19)31(28(35)27(24)34)17-18-12-14-30-15-13-18/h6-16,25,32-33H,5,17H2,1-4H3/b26-24-. The molecular weight excluding hydrogens is 456 g/mol. The third kappa shape index (κ3) is 4.82. The molecule has 0 spiro atoms. The first-order valence-corrected chi connectivity index (χ1v) is 11.9. The van der Waals surface area contributed by atoms with Crippen LogP contribution in [-0.2, 0) is 21.5 Å². The number of hydrogen-bond acceptors (Lipinski definition) is 6. The fourth-order valence-electron chi connectivity index (χ4n) is 4.43. The number of aliphatic hydroxyl groups excluding tert-OH is 1. The van der Waals surface area contributed by atoms with Gasteiger partial charge in [-0.3, -0.25) is 14.6 Å². The van der Waals surface area contributed by atoms with Crippen LogP contribution in [-0.4, -0.2) is 38.4 Å². The normalized spacial score (nSPS) is 17.4. The summed E-state index contributed by atoms with van der Waals surface area (Å²) in [6.07, 6.45) is 3.24. The first-order valence-electron chi connectivity index (χ1n) is 11.9. The van der Waals surface area contributed by atoms with Crippen molar-refractivity contribution in [2.24, 2.45) is 0 Å². The fourth-order valence-corrected chi connectivity index (χ4v) is 4.43. The molecule has 7 heteroatoms. The molecular formula is C29H30N2O5. The lowest BCUT2D eigenvalue weighted by Gasteiger charge is -2.26. The fraction of sp³-hybridized carbons (Fsp3) is 0.276. The molecule has 1 aromatic heterocycles. The predicted octanol–water partition coefficient (Wildman–Crippen LogP) is 5.11. The van der Waals surface area contributed by atoms with Crippen LogP contribution < -0.4 is 4.74 Å². The van der Waals surface area contributed by atoms with Crippen LogP contribution in [0, 0.1) is 0 Å². The molecule has 1 saturated heterocycles. The Labute approximate surface area is 210 Å². The van der Waals surface area contributed by atoms with Crippen molar-refractivity contribution in [1.82, 2.24) is 9.88 Å². The molecule has 0 radical (unpaired) electrons. The maximum atomic E-state index is 13.3. The maximum Gasteiger partial charge on any atom is 0.295 e. The van der Waals surface area contributed by atoms with E-state index in [2.05, 4.69) is 4.98 Å². The number of phenols is 1. The molecule has 0 saturated carbocycles. The number of hydrogen-bond donors (Lipinski definition) is 2. The minimum absolute atomic E-state index is 0.00349. The number of carbonyl (C=O) groups excluding carboxylic acids is 2. The van der Waals surface area contributed by atoms with E-state index in [1.165, 1.54) is 17.0 Å². The molecule has 36 heavy (non-hydrogen) atoms. The highest BCUT2D eigenvalue weighted by Crippen LogP contribution is 2.42. The van der Waals surface area contributed by atoms with Crippen molar-refractivity contribution in [1.29, 1.82) is 0 Å². The van der Waals surface area contributed by atoms with E-state index in [0.29, 0.717) is 23.5 Å². The molecule has 1 unspecified atom stereocenters. The predicted molar refractivity (Wildman–Crippen MR) is 137 cm³/mol. The van der Waals surface area contributed by atoms with E-state index < -0.39 is 17.7 Å². The van der Waals surface area contributed by atoms with Gasteiger partial charge >= 0.3 is 0 Å². The summed E-state index contributed by atoms with van der Waals surface area (Å²) in [5.41, 5.74) is 2.42. The van der Waals surface area contributed by atoms with Crippen molar-refractivity contribution in [2.75, 3.05) is 6.61 Å². The Morgan fingerprint density at radius 1 is 1.03 bits per heavy atom. The van der Waals surface area contributed by atoms with Crippen molar-refractivity contribution in [3.8, 4) is 11.5 Å². The highest BCUT2D eigenvalue weighted by molar-refractivity contribution is 6.46. The van der Waals surface area contributed by atoms with Crippen molar-refractivity contribution in [3.05, 3.63) is 94.8 Å². The summed E-state index contributed by atoms with van der Waals surface area (Å²) >= 11 is 0. The van der Waals surface area contributed by atoms with Gasteiger partial charge in [-0.15, -0.1) is 0 Å². The second kappa shape index (κ2) is 9.85. The molecule has 2 aromatic carbocycles. The van der Waals surface area contributed by atoms with Crippen LogP contribution in [0.1, 0.15) is 56.0 Å². The Morgan fingerprint density at radius 2 is 1.69 bits per heavy atom. The van der Waals surface area contributed by atoms with Crippen molar-refractivity contribution < 1.29 is 24.5 Å². The summed E-state index contributed by atoms with van der Waals surface area (Å²) < 4.78 is 5.79. The SMILES string of the molecule is CCOc1ccc(/C(O)=C2/C(=O)C(=O)N(Cc3ccncc3)C2c2ccc(O)cc2)cc1C(C)(C)C. The quantitative estimate of drug-likeness (QED) is 0.286. The molecule has 2 N–H and O–H groups in total. The molecule has 4 rings (SSSR count). The Kier molecular flexibility index (Phi) is 6.84. The number of amides is 1. The van der Waals surface area contributed by atoms with E-state index in [4.69, 9.17) is 4.74 Å². The molecule has 1 aliphatic rings. The second-order valence-corrected chi connectivity index (χ2v) is 9.77. The first-order chi connectivity index (χ1) is 17.1. The van der Waals surface area contributed by atoms with Gasteiger partial charge in [-0.1, -0.05) is 32.9 Å². The van der Waals surface area contributed by atoms with Crippen molar-refractivity contribution in [3.63, 3.8) is 0 Å². The first kappa shape index (κ1) is 25.0. The number of ketones is 1. The number of phenolic OH excluding ortho intramolecular Hbond substituents is 1. The van der Waals surface area contributed by atoms with Gasteiger partial charge in [-0.25, -0.2) is 0 Å². The van der Waals surface area contributed by atoms with Gasteiger partial charge in [0.2, 0.25) is 0 Å². The molecule has 1 fully saturated rings. The summed E-state index contributed by atoms with van der Waals surface area (Å²) in [6, 6.07) is 14.3. The monoisotopic (exact) mass is 486 g/mol. The Bertz CT molecular complexity index is 1310. The van der Waals surface area contributed by atoms with E-state index in [9.17, 15) is 19.8 Å². The third-order valence-corrected chi connectivity index (χ3v) is 6.21. The van der Waals surface area contributed by atoms with Crippen LogP contribution in [0.3, 0.4) is 0 Å². The summed E-state index contributed by atoms with van der Waals surface area (Å²) in [7, 11) is 0. The average Bonchev–Trinajstić information content (AvgIpc) is 3.09. The number of pyridine rings is 1. The lowest BCUT2D eigenvalue weighted by atomic mass is 9.84. The zero-order valence-corrected chi connectivity index (χ0v) is 20.9. The number of rotatable bonds is 6. The lowest BCUT2D eigenvalue weighted by molar-refractivity contribution is -0.140.